The van der Waals surface area contributed by atoms with Crippen molar-refractivity contribution in [2.24, 2.45) is 0 Å². The summed E-state index contributed by atoms with van der Waals surface area (Å²) in [6.45, 7) is 6.30. The van der Waals surface area contributed by atoms with E-state index in [1.165, 1.54) is 12.8 Å². The molecule has 1 aliphatic heterocycles. The molecule has 1 aromatic heterocycles. The molecular formula is C11H18ClN3. The van der Waals surface area contributed by atoms with Crippen LogP contribution in [0.15, 0.2) is 6.20 Å². The van der Waals surface area contributed by atoms with Crippen LogP contribution in [0.25, 0.3) is 0 Å². The van der Waals surface area contributed by atoms with Gasteiger partial charge in [-0.25, -0.2) is 0 Å². The van der Waals surface area contributed by atoms with Gasteiger partial charge in [0.25, 0.3) is 0 Å². The van der Waals surface area contributed by atoms with Crippen LogP contribution in [0.3, 0.4) is 0 Å². The number of aromatic nitrogens is 2. The number of rotatable bonds is 3. The Hall–Kier alpha value is -0.540. The molecule has 0 spiro atoms. The van der Waals surface area contributed by atoms with E-state index in [4.69, 9.17) is 11.6 Å². The van der Waals surface area contributed by atoms with Crippen LogP contribution in [-0.4, -0.2) is 22.4 Å². The average molecular weight is 228 g/mol. The Labute approximate surface area is 95.8 Å². The van der Waals surface area contributed by atoms with Crippen LogP contribution in [0.5, 0.6) is 0 Å². The Morgan fingerprint density at radius 2 is 2.47 bits per heavy atom. The quantitative estimate of drug-likeness (QED) is 0.860. The normalized spacial score (nSPS) is 21.5. The summed E-state index contributed by atoms with van der Waals surface area (Å²) >= 11 is 6.27. The van der Waals surface area contributed by atoms with Gasteiger partial charge in [0.05, 0.1) is 12.7 Å². The number of hydrogen-bond acceptors (Lipinski definition) is 2. The highest BCUT2D eigenvalue weighted by atomic mass is 35.5. The molecule has 1 aliphatic rings. The van der Waals surface area contributed by atoms with Crippen molar-refractivity contribution in [2.75, 3.05) is 6.54 Å². The molecule has 1 aromatic rings. The van der Waals surface area contributed by atoms with E-state index in [2.05, 4.69) is 24.3 Å². The Morgan fingerprint density at radius 1 is 1.67 bits per heavy atom. The van der Waals surface area contributed by atoms with Crippen LogP contribution < -0.4 is 5.32 Å². The molecule has 1 atom stereocenters. The first kappa shape index (κ1) is 11.0. The van der Waals surface area contributed by atoms with Gasteiger partial charge in [0.2, 0.25) is 0 Å². The molecule has 2 rings (SSSR count). The molecule has 0 saturated carbocycles. The second-order valence-electron chi connectivity index (χ2n) is 4.52. The van der Waals surface area contributed by atoms with Crippen molar-refractivity contribution >= 4 is 11.6 Å². The Morgan fingerprint density at radius 3 is 3.00 bits per heavy atom. The second-order valence-corrected chi connectivity index (χ2v) is 4.88. The van der Waals surface area contributed by atoms with Gasteiger partial charge in [-0.2, -0.15) is 5.10 Å². The highest BCUT2D eigenvalue weighted by Crippen LogP contribution is 2.24. The molecule has 0 amide bonds. The van der Waals surface area contributed by atoms with Gasteiger partial charge >= 0.3 is 0 Å². The zero-order chi connectivity index (χ0) is 10.8. The van der Waals surface area contributed by atoms with Gasteiger partial charge in [-0.1, -0.05) is 25.4 Å². The smallest absolute Gasteiger partial charge is 0.130 e. The first-order valence-electron chi connectivity index (χ1n) is 5.63. The fourth-order valence-electron chi connectivity index (χ4n) is 2.02. The van der Waals surface area contributed by atoms with Gasteiger partial charge in [-0.05, 0) is 25.3 Å². The van der Waals surface area contributed by atoms with E-state index in [1.807, 2.05) is 10.9 Å². The van der Waals surface area contributed by atoms with Crippen LogP contribution in [0, 0.1) is 0 Å². The van der Waals surface area contributed by atoms with Crippen LogP contribution in [0.1, 0.15) is 38.2 Å². The van der Waals surface area contributed by atoms with Gasteiger partial charge in [-0.3, -0.25) is 4.68 Å². The molecule has 0 aliphatic carbocycles. The van der Waals surface area contributed by atoms with Crippen molar-refractivity contribution in [3.63, 3.8) is 0 Å². The van der Waals surface area contributed by atoms with E-state index >= 15 is 0 Å². The minimum absolute atomic E-state index is 0.447. The van der Waals surface area contributed by atoms with Crippen LogP contribution >= 0.6 is 11.6 Å². The predicted octanol–water partition coefficient (Wildman–Crippen LogP) is 2.41. The molecule has 15 heavy (non-hydrogen) atoms. The largest absolute Gasteiger partial charge is 0.312 e. The molecule has 3 nitrogen and oxygen atoms in total. The van der Waals surface area contributed by atoms with Gasteiger partial charge < -0.3 is 5.32 Å². The summed E-state index contributed by atoms with van der Waals surface area (Å²) in [6.07, 6.45) is 4.38. The molecular weight excluding hydrogens is 210 g/mol. The third-order valence-corrected chi connectivity index (χ3v) is 3.39. The molecule has 0 aromatic carbocycles. The van der Waals surface area contributed by atoms with Crippen molar-refractivity contribution in [3.8, 4) is 0 Å². The van der Waals surface area contributed by atoms with Gasteiger partial charge in [0, 0.05) is 11.6 Å². The molecule has 1 N–H and O–H groups in total. The van der Waals surface area contributed by atoms with Gasteiger partial charge in [0.15, 0.2) is 0 Å². The van der Waals surface area contributed by atoms with E-state index < -0.39 is 0 Å². The standard InChI is InChI=1S/C11H18ClN3/c1-8(2)10-6-14-15(11(10)12)7-9-4-3-5-13-9/h6,8-9,13H,3-5,7H2,1-2H3. The molecule has 0 bridgehead atoms. The van der Waals surface area contributed by atoms with Crippen LogP contribution in [0.4, 0.5) is 0 Å². The first-order chi connectivity index (χ1) is 7.18. The monoisotopic (exact) mass is 227 g/mol. The van der Waals surface area contributed by atoms with E-state index in [0.717, 1.165) is 23.8 Å². The van der Waals surface area contributed by atoms with E-state index in [-0.39, 0.29) is 0 Å². The Balaban J connectivity index is 2.08. The predicted molar refractivity (Wildman–Crippen MR) is 62.4 cm³/mol. The van der Waals surface area contributed by atoms with E-state index in [9.17, 15) is 0 Å². The summed E-state index contributed by atoms with van der Waals surface area (Å²) in [6, 6.07) is 0.544. The molecule has 1 saturated heterocycles. The summed E-state index contributed by atoms with van der Waals surface area (Å²) < 4.78 is 1.92. The highest BCUT2D eigenvalue weighted by molar-refractivity contribution is 6.30. The van der Waals surface area contributed by atoms with E-state index in [1.54, 1.807) is 0 Å². The summed E-state index contributed by atoms with van der Waals surface area (Å²) in [4.78, 5) is 0. The van der Waals surface area contributed by atoms with Crippen molar-refractivity contribution in [1.82, 2.24) is 15.1 Å². The number of nitrogens with zero attached hydrogens (tertiary/aromatic N) is 2. The Kier molecular flexibility index (Phi) is 3.32. The van der Waals surface area contributed by atoms with Crippen LogP contribution in [-0.2, 0) is 6.54 Å². The van der Waals surface area contributed by atoms with Gasteiger partial charge in [0.1, 0.15) is 5.15 Å². The lowest BCUT2D eigenvalue weighted by Gasteiger charge is -2.11. The molecule has 1 fully saturated rings. The number of hydrogen-bond donors (Lipinski definition) is 1. The van der Waals surface area contributed by atoms with Crippen molar-refractivity contribution in [2.45, 2.75) is 45.2 Å². The summed E-state index contributed by atoms with van der Waals surface area (Å²) in [5, 5.41) is 8.60. The SMILES string of the molecule is CC(C)c1cnn(CC2CCCN2)c1Cl. The fourth-order valence-corrected chi connectivity index (χ4v) is 2.40. The lowest BCUT2D eigenvalue weighted by Crippen LogP contribution is -2.27. The lowest BCUT2D eigenvalue weighted by molar-refractivity contribution is 0.476. The highest BCUT2D eigenvalue weighted by Gasteiger charge is 2.18. The number of nitrogens with one attached hydrogen (secondary N) is 1. The summed E-state index contributed by atoms with van der Waals surface area (Å²) in [5.74, 6) is 0.447. The minimum Gasteiger partial charge on any atom is -0.312 e. The molecule has 0 radical (unpaired) electrons. The fraction of sp³-hybridized carbons (Fsp3) is 0.727. The second kappa shape index (κ2) is 4.54. The van der Waals surface area contributed by atoms with Crippen molar-refractivity contribution in [1.29, 1.82) is 0 Å². The zero-order valence-electron chi connectivity index (χ0n) is 9.33. The topological polar surface area (TPSA) is 29.9 Å². The molecule has 2 heterocycles. The molecule has 84 valence electrons. The summed E-state index contributed by atoms with van der Waals surface area (Å²) in [7, 11) is 0. The first-order valence-corrected chi connectivity index (χ1v) is 6.01. The van der Waals surface area contributed by atoms with Crippen molar-refractivity contribution in [3.05, 3.63) is 16.9 Å². The maximum atomic E-state index is 6.27. The summed E-state index contributed by atoms with van der Waals surface area (Å²) in [5.41, 5.74) is 1.15. The van der Waals surface area contributed by atoms with Crippen LogP contribution in [0.2, 0.25) is 5.15 Å². The lowest BCUT2D eigenvalue weighted by atomic mass is 10.1. The minimum atomic E-state index is 0.447. The number of halogens is 1. The van der Waals surface area contributed by atoms with E-state index in [0.29, 0.717) is 12.0 Å². The van der Waals surface area contributed by atoms with Gasteiger partial charge in [-0.15, -0.1) is 0 Å². The maximum Gasteiger partial charge on any atom is 0.130 e. The third kappa shape index (κ3) is 2.34. The average Bonchev–Trinajstić information content (AvgIpc) is 2.78. The molecule has 4 heteroatoms. The zero-order valence-corrected chi connectivity index (χ0v) is 10.1. The molecule has 1 unspecified atom stereocenters. The maximum absolute atomic E-state index is 6.27. The third-order valence-electron chi connectivity index (χ3n) is 2.98. The Bertz CT molecular complexity index is 327. The van der Waals surface area contributed by atoms with Crippen molar-refractivity contribution < 1.29 is 0 Å².